The van der Waals surface area contributed by atoms with E-state index < -0.39 is 12.0 Å². The van der Waals surface area contributed by atoms with E-state index in [9.17, 15) is 9.59 Å². The molecule has 1 aliphatic rings. The highest BCUT2D eigenvalue weighted by atomic mass is 32.2. The van der Waals surface area contributed by atoms with Gasteiger partial charge in [0.25, 0.3) is 5.56 Å². The van der Waals surface area contributed by atoms with Gasteiger partial charge < -0.3 is 9.15 Å². The molecule has 0 N–H and O–H groups in total. The van der Waals surface area contributed by atoms with Gasteiger partial charge in [0.15, 0.2) is 15.1 Å². The number of carbonyl (C=O) groups excluding carboxylic acids is 1. The molecule has 11 heteroatoms. The van der Waals surface area contributed by atoms with Gasteiger partial charge >= 0.3 is 5.97 Å². The third-order valence-corrected chi connectivity index (χ3v) is 7.66. The zero-order valence-corrected chi connectivity index (χ0v) is 20.6. The first-order valence-corrected chi connectivity index (χ1v) is 12.8. The monoisotopic (exact) mass is 510 g/mol. The number of nitrogens with zero attached hydrogens (tertiary/aromatic N) is 4. The van der Waals surface area contributed by atoms with Gasteiger partial charge in [-0.25, -0.2) is 19.8 Å². The van der Waals surface area contributed by atoms with Crippen LogP contribution in [-0.2, 0) is 9.53 Å². The molecule has 0 saturated heterocycles. The van der Waals surface area contributed by atoms with Crippen LogP contribution in [0.15, 0.2) is 83.8 Å². The zero-order chi connectivity index (χ0) is 23.7. The lowest BCUT2D eigenvalue weighted by atomic mass is 10.0. The van der Waals surface area contributed by atoms with E-state index in [2.05, 4.69) is 15.0 Å². The maximum atomic E-state index is 13.5. The molecule has 0 saturated carbocycles. The number of esters is 1. The third-order valence-electron chi connectivity index (χ3n) is 4.94. The number of aromatic nitrogens is 3. The highest BCUT2D eigenvalue weighted by molar-refractivity contribution is 7.99. The number of hydrogen-bond donors (Lipinski definition) is 0. The fourth-order valence-electron chi connectivity index (χ4n) is 3.53. The molecule has 0 aromatic carbocycles. The van der Waals surface area contributed by atoms with Crippen LogP contribution < -0.4 is 14.9 Å². The van der Waals surface area contributed by atoms with Crippen molar-refractivity contribution in [1.82, 2.24) is 14.5 Å². The van der Waals surface area contributed by atoms with Crippen LogP contribution in [0.3, 0.4) is 0 Å². The number of thiazole rings is 1. The Morgan fingerprint density at radius 3 is 2.82 bits per heavy atom. The number of ether oxygens (including phenoxy) is 1. The summed E-state index contributed by atoms with van der Waals surface area (Å²) in [6, 6.07) is 8.56. The van der Waals surface area contributed by atoms with Gasteiger partial charge in [0, 0.05) is 23.3 Å². The van der Waals surface area contributed by atoms with Crippen molar-refractivity contribution in [2.75, 3.05) is 6.61 Å². The summed E-state index contributed by atoms with van der Waals surface area (Å²) >= 11 is 4.03. The predicted molar refractivity (Wildman–Crippen MR) is 130 cm³/mol. The second-order valence-corrected chi connectivity index (χ2v) is 10.1. The molecular weight excluding hydrogens is 492 g/mol. The molecule has 34 heavy (non-hydrogen) atoms. The molecule has 0 aliphatic carbocycles. The van der Waals surface area contributed by atoms with Crippen molar-refractivity contribution in [2.45, 2.75) is 30.1 Å². The minimum atomic E-state index is -0.588. The number of fused-ring (bicyclic) bond motifs is 1. The Morgan fingerprint density at radius 1 is 1.26 bits per heavy atom. The predicted octanol–water partition coefficient (Wildman–Crippen LogP) is 3.39. The van der Waals surface area contributed by atoms with Crippen LogP contribution in [0, 0.1) is 0 Å². The molecular formula is C23H18N4O4S3. The van der Waals surface area contributed by atoms with Crippen LogP contribution in [0.5, 0.6) is 0 Å². The van der Waals surface area contributed by atoms with Gasteiger partial charge in [-0.1, -0.05) is 17.4 Å². The summed E-state index contributed by atoms with van der Waals surface area (Å²) in [6.45, 7) is 3.76. The second kappa shape index (κ2) is 9.53. The van der Waals surface area contributed by atoms with E-state index in [1.54, 1.807) is 55.1 Å². The minimum Gasteiger partial charge on any atom is -0.463 e. The molecule has 8 nitrogen and oxygen atoms in total. The molecule has 5 heterocycles. The summed E-state index contributed by atoms with van der Waals surface area (Å²) in [4.78, 5) is 40.6. The Balaban J connectivity index is 1.57. The molecule has 172 valence electrons. The maximum absolute atomic E-state index is 13.5. The van der Waals surface area contributed by atoms with Crippen molar-refractivity contribution < 1.29 is 13.9 Å². The summed E-state index contributed by atoms with van der Waals surface area (Å²) in [5, 5.41) is 3.10. The van der Waals surface area contributed by atoms with Crippen LogP contribution in [0.2, 0.25) is 0 Å². The minimum absolute atomic E-state index is 0.240. The van der Waals surface area contributed by atoms with Gasteiger partial charge in [0.2, 0.25) is 0 Å². The third kappa shape index (κ3) is 4.29. The largest absolute Gasteiger partial charge is 0.463 e. The summed E-state index contributed by atoms with van der Waals surface area (Å²) < 4.78 is 13.2. The molecule has 1 atom stereocenters. The zero-order valence-electron chi connectivity index (χ0n) is 18.1. The molecule has 4 aromatic rings. The lowest BCUT2D eigenvalue weighted by Gasteiger charge is -2.23. The molecule has 0 spiro atoms. The fraction of sp³-hybridized carbons (Fsp3) is 0.174. The lowest BCUT2D eigenvalue weighted by molar-refractivity contribution is -0.139. The summed E-state index contributed by atoms with van der Waals surface area (Å²) in [5.41, 5.74) is 0.681. The Hall–Kier alpha value is -3.28. The highest BCUT2D eigenvalue weighted by Crippen LogP contribution is 2.33. The fourth-order valence-corrected chi connectivity index (χ4v) is 6.06. The number of allylic oxidation sites excluding steroid dienone is 1. The number of furan rings is 1. The Kier molecular flexibility index (Phi) is 6.31. The quantitative estimate of drug-likeness (QED) is 0.290. The normalized spacial score (nSPS) is 15.8. The van der Waals surface area contributed by atoms with E-state index in [0.29, 0.717) is 36.6 Å². The SMILES string of the molecule is CCOC(=O)C1=C(C)N=c2s/c(=C/c3ccc(Sc4ncccn4)o3)c(=O)n2[C@@H]1c1cccs1. The number of rotatable bonds is 6. The highest BCUT2D eigenvalue weighted by Gasteiger charge is 2.33. The Labute approximate surface area is 206 Å². The summed E-state index contributed by atoms with van der Waals surface area (Å²) in [7, 11) is 0. The van der Waals surface area contributed by atoms with Crippen LogP contribution >= 0.6 is 34.4 Å². The first kappa shape index (κ1) is 22.5. The van der Waals surface area contributed by atoms with Gasteiger partial charge in [-0.15, -0.1) is 11.3 Å². The van der Waals surface area contributed by atoms with Crippen LogP contribution in [0.1, 0.15) is 30.5 Å². The van der Waals surface area contributed by atoms with Gasteiger partial charge in [-0.05, 0) is 55.3 Å². The Bertz CT molecular complexity index is 1550. The first-order chi connectivity index (χ1) is 16.5. The van der Waals surface area contributed by atoms with Crippen LogP contribution in [-0.4, -0.2) is 27.1 Å². The van der Waals surface area contributed by atoms with Crippen LogP contribution in [0.25, 0.3) is 6.08 Å². The first-order valence-electron chi connectivity index (χ1n) is 10.3. The van der Waals surface area contributed by atoms with E-state index in [1.807, 2.05) is 17.5 Å². The van der Waals surface area contributed by atoms with E-state index in [1.165, 1.54) is 34.4 Å². The van der Waals surface area contributed by atoms with Gasteiger partial charge in [0.1, 0.15) is 11.8 Å². The smallest absolute Gasteiger partial charge is 0.338 e. The van der Waals surface area contributed by atoms with E-state index >= 15 is 0 Å². The van der Waals surface area contributed by atoms with Crippen molar-refractivity contribution in [3.8, 4) is 0 Å². The van der Waals surface area contributed by atoms with Crippen molar-refractivity contribution in [2.24, 2.45) is 4.99 Å². The van der Waals surface area contributed by atoms with Crippen molar-refractivity contribution in [3.05, 3.63) is 89.7 Å². The van der Waals surface area contributed by atoms with Crippen molar-refractivity contribution >= 4 is 46.5 Å². The molecule has 5 rings (SSSR count). The molecule has 0 amide bonds. The molecule has 1 aliphatic heterocycles. The van der Waals surface area contributed by atoms with Gasteiger partial charge in [-0.3, -0.25) is 9.36 Å². The van der Waals surface area contributed by atoms with Gasteiger partial charge in [0.05, 0.1) is 22.4 Å². The number of carbonyl (C=O) groups is 1. The maximum Gasteiger partial charge on any atom is 0.338 e. The standard InChI is InChI=1S/C23H18N4O4S3/c1-3-30-21(29)18-13(2)26-23-27(19(18)15-6-4-11-32-15)20(28)16(33-23)12-14-7-8-17(31-14)34-22-24-9-5-10-25-22/h4-12,19H,3H2,1-2H3/b16-12+/t19-/m1/s1. The average Bonchev–Trinajstić information content (AvgIpc) is 3.56. The van der Waals surface area contributed by atoms with E-state index in [-0.39, 0.29) is 12.2 Å². The van der Waals surface area contributed by atoms with Crippen molar-refractivity contribution in [3.63, 3.8) is 0 Å². The topological polar surface area (TPSA) is 99.6 Å². The molecule has 0 unspecified atom stereocenters. The van der Waals surface area contributed by atoms with Crippen molar-refractivity contribution in [1.29, 1.82) is 0 Å². The number of hydrogen-bond acceptors (Lipinski definition) is 10. The average molecular weight is 511 g/mol. The van der Waals surface area contributed by atoms with E-state index in [0.717, 1.165) is 4.88 Å². The summed E-state index contributed by atoms with van der Waals surface area (Å²) in [6.07, 6.45) is 5.02. The molecule has 0 fully saturated rings. The van der Waals surface area contributed by atoms with E-state index in [4.69, 9.17) is 9.15 Å². The van der Waals surface area contributed by atoms with Gasteiger partial charge in [-0.2, -0.15) is 0 Å². The van der Waals surface area contributed by atoms with Crippen LogP contribution in [0.4, 0.5) is 0 Å². The Morgan fingerprint density at radius 2 is 2.09 bits per heavy atom. The lowest BCUT2D eigenvalue weighted by Crippen LogP contribution is -2.39. The number of thiophene rings is 1. The second-order valence-electron chi connectivity index (χ2n) is 7.11. The summed E-state index contributed by atoms with van der Waals surface area (Å²) in [5.74, 6) is 0.0601. The molecule has 0 bridgehead atoms. The molecule has 0 radical (unpaired) electrons. The molecule has 4 aromatic heterocycles.